The van der Waals surface area contributed by atoms with Crippen LogP contribution in [0.3, 0.4) is 0 Å². The molecule has 0 N–H and O–H groups in total. The fourth-order valence-corrected chi connectivity index (χ4v) is 13.9. The van der Waals surface area contributed by atoms with Crippen LogP contribution in [-0.4, -0.2) is 18.3 Å². The van der Waals surface area contributed by atoms with Crippen LogP contribution in [0.4, 0.5) is 0 Å². The molecule has 0 fully saturated rings. The summed E-state index contributed by atoms with van der Waals surface area (Å²) in [6.45, 7) is 0. The van der Waals surface area contributed by atoms with E-state index in [0.29, 0.717) is 0 Å². The van der Waals surface area contributed by atoms with Gasteiger partial charge < -0.3 is 18.3 Å². The van der Waals surface area contributed by atoms with Crippen LogP contribution in [0.2, 0.25) is 0 Å². The first-order valence-corrected chi connectivity index (χ1v) is 24.6. The van der Waals surface area contributed by atoms with E-state index in [1.807, 2.05) is 11.3 Å². The molecule has 0 radical (unpaired) electrons. The molecule has 16 rings (SSSR count). The zero-order valence-corrected chi connectivity index (χ0v) is 38.6. The quantitative estimate of drug-likeness (QED) is 0.158. The normalized spacial score (nSPS) is 12.5. The van der Waals surface area contributed by atoms with Crippen molar-refractivity contribution in [1.82, 2.24) is 18.3 Å². The summed E-state index contributed by atoms with van der Waals surface area (Å²) in [7, 11) is 4.50. The van der Waals surface area contributed by atoms with Gasteiger partial charge in [-0.3, -0.25) is 0 Å². The van der Waals surface area contributed by atoms with E-state index < -0.39 is 0 Å². The molecule has 4 nitrogen and oxygen atoms in total. The molecular formula is C64H40N4S. The van der Waals surface area contributed by atoms with Crippen molar-refractivity contribution in [1.29, 1.82) is 0 Å². The first-order chi connectivity index (χ1) is 34.1. The van der Waals surface area contributed by atoms with Gasteiger partial charge in [0.15, 0.2) is 0 Å². The molecule has 0 aliphatic rings. The minimum atomic E-state index is 1.20. The van der Waals surface area contributed by atoms with Crippen LogP contribution in [0, 0.1) is 0 Å². The molecule has 5 heteroatoms. The highest BCUT2D eigenvalue weighted by atomic mass is 32.1. The number of fused-ring (bicyclic) bond motifs is 19. The largest absolute Gasteiger partial charge is 0.342 e. The van der Waals surface area contributed by atoms with Crippen molar-refractivity contribution >= 4 is 140 Å². The van der Waals surface area contributed by atoms with Crippen LogP contribution in [-0.2, 0) is 14.1 Å². The fraction of sp³-hybridized carbons (Fsp3) is 0.0312. The molecule has 5 heterocycles. The molecule has 0 aliphatic carbocycles. The van der Waals surface area contributed by atoms with Gasteiger partial charge in [0, 0.05) is 94.5 Å². The van der Waals surface area contributed by atoms with Gasteiger partial charge in [0.25, 0.3) is 0 Å². The van der Waals surface area contributed by atoms with Gasteiger partial charge in [-0.05, 0) is 70.4 Å². The van der Waals surface area contributed by atoms with E-state index in [1.54, 1.807) is 0 Å². The Kier molecular flexibility index (Phi) is 7.33. The summed E-state index contributed by atoms with van der Waals surface area (Å²) in [4.78, 5) is 0. The molecule has 0 saturated heterocycles. The Morgan fingerprint density at radius 1 is 0.319 bits per heavy atom. The Bertz CT molecular complexity index is 4930. The molecule has 16 aromatic rings. The summed E-state index contributed by atoms with van der Waals surface area (Å²) < 4.78 is 12.6. The van der Waals surface area contributed by atoms with Crippen molar-refractivity contribution in [2.45, 2.75) is 0 Å². The van der Waals surface area contributed by atoms with Crippen molar-refractivity contribution in [3.8, 4) is 22.5 Å². The lowest BCUT2D eigenvalue weighted by Gasteiger charge is -2.19. The lowest BCUT2D eigenvalue weighted by atomic mass is 9.90. The Morgan fingerprint density at radius 2 is 0.855 bits per heavy atom. The van der Waals surface area contributed by atoms with E-state index in [9.17, 15) is 0 Å². The van der Waals surface area contributed by atoms with Crippen molar-refractivity contribution < 1.29 is 0 Å². The summed E-state index contributed by atoms with van der Waals surface area (Å²) in [5.74, 6) is 0. The number of hydrogen-bond donors (Lipinski definition) is 0. The molecular weight excluding hydrogens is 857 g/mol. The van der Waals surface area contributed by atoms with Crippen molar-refractivity contribution in [2.75, 3.05) is 0 Å². The van der Waals surface area contributed by atoms with Gasteiger partial charge in [-0.15, -0.1) is 11.3 Å². The van der Waals surface area contributed by atoms with E-state index in [2.05, 4.69) is 239 Å². The Labute approximate surface area is 399 Å². The number of rotatable bonds is 3. The van der Waals surface area contributed by atoms with Gasteiger partial charge in [-0.25, -0.2) is 0 Å². The summed E-state index contributed by atoms with van der Waals surface area (Å²) in [5.41, 5.74) is 14.7. The second kappa shape index (κ2) is 13.5. The molecule has 0 saturated carbocycles. The first-order valence-electron chi connectivity index (χ1n) is 23.8. The van der Waals surface area contributed by atoms with Gasteiger partial charge >= 0.3 is 0 Å². The van der Waals surface area contributed by atoms with Crippen LogP contribution in [0.15, 0.2) is 206 Å². The maximum absolute atomic E-state index is 2.60. The molecule has 69 heavy (non-hydrogen) atoms. The predicted octanol–water partition coefficient (Wildman–Crippen LogP) is 17.5. The molecule has 0 bridgehead atoms. The number of aromatic nitrogens is 4. The van der Waals surface area contributed by atoms with E-state index in [-0.39, 0.29) is 0 Å². The van der Waals surface area contributed by atoms with Gasteiger partial charge in [0.05, 0.1) is 49.2 Å². The van der Waals surface area contributed by atoms with Crippen LogP contribution < -0.4 is 0 Å². The maximum atomic E-state index is 2.60. The molecule has 0 spiro atoms. The Hall–Kier alpha value is -8.64. The van der Waals surface area contributed by atoms with Crippen molar-refractivity contribution in [3.63, 3.8) is 0 Å². The molecule has 0 unspecified atom stereocenters. The SMILES string of the molecule is Cn1c2ccccc2c2ccc3c4ccccc4n(-c4c5ccccc5cc5c(-c6cc7c8ccccc8n(-c8cccc9c8sc8ccccc89)c7c7c6c6ccccc6n7C)cccc45)c3c21. The number of benzene rings is 11. The number of nitrogens with zero attached hydrogens (tertiary/aromatic N) is 4. The van der Waals surface area contributed by atoms with Crippen LogP contribution in [0.25, 0.3) is 151 Å². The maximum Gasteiger partial charge on any atom is 0.0786 e. The highest BCUT2D eigenvalue weighted by Crippen LogP contribution is 2.50. The highest BCUT2D eigenvalue weighted by molar-refractivity contribution is 7.26. The molecule has 0 aliphatic heterocycles. The first kappa shape index (κ1) is 37.5. The highest BCUT2D eigenvalue weighted by Gasteiger charge is 2.27. The fourth-order valence-electron chi connectivity index (χ4n) is 12.7. The molecule has 11 aromatic carbocycles. The van der Waals surface area contributed by atoms with Gasteiger partial charge in [0.2, 0.25) is 0 Å². The lowest BCUT2D eigenvalue weighted by molar-refractivity contribution is 1.01. The average molecular weight is 897 g/mol. The molecule has 5 aromatic heterocycles. The number of para-hydroxylation sites is 4. The standard InChI is InChI=1S/C64H40N4S/c1-65-52-27-10-5-19-40(52)45-33-34-46-41-20-6-13-30-55(41)68(61(46)60(45)65)59-38-18-4-3-17-37(38)35-49-39(24-15-25-44(49)59)50-36-51-42-21-7-12-29-54(42)67(62(51)63-58(50)48-23-8-11-28-53(48)66(63)2)56-31-16-26-47-43-22-9-14-32-57(43)69-64(47)56/h3-36H,1-2H3. The van der Waals surface area contributed by atoms with Crippen LogP contribution in [0.1, 0.15) is 0 Å². The summed E-state index contributed by atoms with van der Waals surface area (Å²) in [6.07, 6.45) is 0. The smallest absolute Gasteiger partial charge is 0.0786 e. The number of hydrogen-bond acceptors (Lipinski definition) is 1. The van der Waals surface area contributed by atoms with E-state index in [1.165, 1.54) is 151 Å². The van der Waals surface area contributed by atoms with Crippen molar-refractivity contribution in [3.05, 3.63) is 206 Å². The van der Waals surface area contributed by atoms with Crippen LogP contribution >= 0.6 is 11.3 Å². The van der Waals surface area contributed by atoms with E-state index in [4.69, 9.17) is 0 Å². The molecule has 0 amide bonds. The third-order valence-corrected chi connectivity index (χ3v) is 16.7. The van der Waals surface area contributed by atoms with Gasteiger partial charge in [-0.2, -0.15) is 0 Å². The average Bonchev–Trinajstić information content (AvgIpc) is 4.19. The third-order valence-electron chi connectivity index (χ3n) is 15.5. The lowest BCUT2D eigenvalue weighted by Crippen LogP contribution is -2.00. The van der Waals surface area contributed by atoms with Crippen molar-refractivity contribution in [2.24, 2.45) is 14.1 Å². The third kappa shape index (κ3) is 4.77. The van der Waals surface area contributed by atoms with Crippen LogP contribution in [0.5, 0.6) is 0 Å². The number of aryl methyl sites for hydroxylation is 2. The summed E-state index contributed by atoms with van der Waals surface area (Å²) in [5, 5.41) is 17.6. The minimum absolute atomic E-state index is 1.20. The van der Waals surface area contributed by atoms with E-state index in [0.717, 1.165) is 0 Å². The Morgan fingerprint density at radius 3 is 1.64 bits per heavy atom. The Balaban J connectivity index is 1.08. The zero-order valence-electron chi connectivity index (χ0n) is 37.8. The predicted molar refractivity (Wildman–Crippen MR) is 296 cm³/mol. The van der Waals surface area contributed by atoms with Gasteiger partial charge in [-0.1, -0.05) is 158 Å². The monoisotopic (exact) mass is 896 g/mol. The summed E-state index contributed by atoms with van der Waals surface area (Å²) in [6, 6.07) is 77.2. The number of thiophene rings is 1. The zero-order chi connectivity index (χ0) is 45.2. The van der Waals surface area contributed by atoms with E-state index >= 15 is 0 Å². The second-order valence-electron chi connectivity index (χ2n) is 18.9. The minimum Gasteiger partial charge on any atom is -0.342 e. The second-order valence-corrected chi connectivity index (χ2v) is 19.9. The summed E-state index contributed by atoms with van der Waals surface area (Å²) >= 11 is 1.89. The molecule has 0 atom stereocenters. The van der Waals surface area contributed by atoms with Gasteiger partial charge in [0.1, 0.15) is 0 Å². The topological polar surface area (TPSA) is 19.7 Å². The molecule has 322 valence electrons.